The number of hydrogen-bond donors (Lipinski definition) is 3. The maximum atomic E-state index is 12.4. The number of rotatable bonds is 11. The van der Waals surface area contributed by atoms with Gasteiger partial charge < -0.3 is 25.4 Å². The summed E-state index contributed by atoms with van der Waals surface area (Å²) < 4.78 is 11.0. The van der Waals surface area contributed by atoms with Crippen LogP contribution in [-0.4, -0.2) is 43.5 Å². The number of ether oxygens (including phenoxy) is 2. The highest BCUT2D eigenvalue weighted by atomic mass is 16.5. The number of benzene rings is 2. The molecule has 31 heavy (non-hydrogen) atoms. The largest absolute Gasteiger partial charge is 0.490 e. The van der Waals surface area contributed by atoms with Crippen molar-refractivity contribution < 1.29 is 23.9 Å². The molecule has 0 heterocycles. The smallest absolute Gasteiger partial charge is 0.251 e. The summed E-state index contributed by atoms with van der Waals surface area (Å²) in [6, 6.07) is 13.6. The van der Waals surface area contributed by atoms with Crippen molar-refractivity contribution in [1.29, 1.82) is 0 Å². The molecule has 0 aliphatic rings. The highest BCUT2D eigenvalue weighted by molar-refractivity contribution is 5.97. The minimum absolute atomic E-state index is 0.258. The first-order valence-corrected chi connectivity index (χ1v) is 10.2. The topological polar surface area (TPSA) is 106 Å². The lowest BCUT2D eigenvalue weighted by Gasteiger charge is -2.15. The van der Waals surface area contributed by atoms with Crippen LogP contribution in [0.25, 0.3) is 0 Å². The van der Waals surface area contributed by atoms with E-state index < -0.39 is 17.9 Å². The SMILES string of the molecule is CCOc1ccc(C(=O)NCC(=O)NC(C)C(=O)NCc2ccccc2)cc1OCC. The van der Waals surface area contributed by atoms with Crippen LogP contribution in [0.15, 0.2) is 48.5 Å². The van der Waals surface area contributed by atoms with Gasteiger partial charge in [0.2, 0.25) is 11.8 Å². The van der Waals surface area contributed by atoms with Crippen LogP contribution in [0.1, 0.15) is 36.7 Å². The normalized spacial score (nSPS) is 11.2. The summed E-state index contributed by atoms with van der Waals surface area (Å²) >= 11 is 0. The molecule has 0 fully saturated rings. The quantitative estimate of drug-likeness (QED) is 0.509. The fraction of sp³-hybridized carbons (Fsp3) is 0.348. The summed E-state index contributed by atoms with van der Waals surface area (Å²) in [5.41, 5.74) is 1.30. The Bertz CT molecular complexity index is 886. The number of carbonyl (C=O) groups is 3. The van der Waals surface area contributed by atoms with Crippen LogP contribution < -0.4 is 25.4 Å². The van der Waals surface area contributed by atoms with Gasteiger partial charge in [0.1, 0.15) is 6.04 Å². The first-order valence-electron chi connectivity index (χ1n) is 10.2. The van der Waals surface area contributed by atoms with E-state index in [1.807, 2.05) is 44.2 Å². The Labute approximate surface area is 182 Å². The molecule has 1 unspecified atom stereocenters. The Hall–Kier alpha value is -3.55. The summed E-state index contributed by atoms with van der Waals surface area (Å²) in [7, 11) is 0. The van der Waals surface area contributed by atoms with E-state index >= 15 is 0 Å². The Kier molecular flexibility index (Phi) is 9.35. The predicted molar refractivity (Wildman–Crippen MR) is 117 cm³/mol. The fourth-order valence-corrected chi connectivity index (χ4v) is 2.75. The third-order valence-electron chi connectivity index (χ3n) is 4.30. The van der Waals surface area contributed by atoms with E-state index in [9.17, 15) is 14.4 Å². The Morgan fingerprint density at radius 2 is 1.58 bits per heavy atom. The molecule has 2 aromatic rings. The van der Waals surface area contributed by atoms with E-state index in [0.29, 0.717) is 36.8 Å². The van der Waals surface area contributed by atoms with Crippen molar-refractivity contribution >= 4 is 17.7 Å². The van der Waals surface area contributed by atoms with Gasteiger partial charge in [-0.15, -0.1) is 0 Å². The average molecular weight is 428 g/mol. The van der Waals surface area contributed by atoms with Gasteiger partial charge in [-0.3, -0.25) is 14.4 Å². The van der Waals surface area contributed by atoms with E-state index in [4.69, 9.17) is 9.47 Å². The maximum absolute atomic E-state index is 12.4. The Morgan fingerprint density at radius 1 is 0.903 bits per heavy atom. The predicted octanol–water partition coefficient (Wildman–Crippen LogP) is 2.03. The van der Waals surface area contributed by atoms with Gasteiger partial charge in [-0.25, -0.2) is 0 Å². The van der Waals surface area contributed by atoms with Crippen molar-refractivity contribution in [3.63, 3.8) is 0 Å². The molecule has 0 spiro atoms. The summed E-state index contributed by atoms with van der Waals surface area (Å²) in [6.07, 6.45) is 0. The molecule has 2 aromatic carbocycles. The summed E-state index contributed by atoms with van der Waals surface area (Å²) in [4.78, 5) is 36.7. The molecule has 3 N–H and O–H groups in total. The van der Waals surface area contributed by atoms with Crippen LogP contribution in [0.5, 0.6) is 11.5 Å². The lowest BCUT2D eigenvalue weighted by atomic mass is 10.2. The first kappa shape index (κ1) is 23.7. The van der Waals surface area contributed by atoms with Gasteiger partial charge in [0, 0.05) is 12.1 Å². The van der Waals surface area contributed by atoms with Gasteiger partial charge >= 0.3 is 0 Å². The monoisotopic (exact) mass is 427 g/mol. The minimum atomic E-state index is -0.733. The molecular weight excluding hydrogens is 398 g/mol. The molecule has 0 radical (unpaired) electrons. The number of hydrogen-bond acceptors (Lipinski definition) is 5. The third kappa shape index (κ3) is 7.65. The minimum Gasteiger partial charge on any atom is -0.490 e. The van der Waals surface area contributed by atoms with Crippen LogP contribution in [-0.2, 0) is 16.1 Å². The lowest BCUT2D eigenvalue weighted by molar-refractivity contribution is -0.128. The number of nitrogens with one attached hydrogen (secondary N) is 3. The van der Waals surface area contributed by atoms with Gasteiger partial charge in [0.15, 0.2) is 11.5 Å². The second kappa shape index (κ2) is 12.2. The van der Waals surface area contributed by atoms with Crippen LogP contribution >= 0.6 is 0 Å². The average Bonchev–Trinajstić information content (AvgIpc) is 2.78. The molecule has 0 saturated carbocycles. The Balaban J connectivity index is 1.82. The van der Waals surface area contributed by atoms with Gasteiger partial charge in [0.05, 0.1) is 19.8 Å². The first-order chi connectivity index (χ1) is 14.9. The van der Waals surface area contributed by atoms with Gasteiger partial charge in [-0.2, -0.15) is 0 Å². The molecule has 3 amide bonds. The zero-order valence-electron chi connectivity index (χ0n) is 18.1. The van der Waals surface area contributed by atoms with Crippen molar-refractivity contribution in [3.8, 4) is 11.5 Å². The van der Waals surface area contributed by atoms with Gasteiger partial charge in [-0.1, -0.05) is 30.3 Å². The van der Waals surface area contributed by atoms with Crippen molar-refractivity contribution in [1.82, 2.24) is 16.0 Å². The second-order valence-electron chi connectivity index (χ2n) is 6.70. The van der Waals surface area contributed by atoms with Crippen LogP contribution in [0, 0.1) is 0 Å². The summed E-state index contributed by atoms with van der Waals surface area (Å²) in [6.45, 7) is 6.30. The molecule has 2 rings (SSSR count). The van der Waals surface area contributed by atoms with E-state index in [1.165, 1.54) is 0 Å². The third-order valence-corrected chi connectivity index (χ3v) is 4.30. The van der Waals surface area contributed by atoms with Gasteiger partial charge in [0.25, 0.3) is 5.91 Å². The van der Waals surface area contributed by atoms with Crippen molar-refractivity contribution in [2.75, 3.05) is 19.8 Å². The number of carbonyl (C=O) groups excluding carboxylic acids is 3. The van der Waals surface area contributed by atoms with Crippen LogP contribution in [0.2, 0.25) is 0 Å². The zero-order chi connectivity index (χ0) is 22.6. The zero-order valence-corrected chi connectivity index (χ0v) is 18.1. The van der Waals surface area contributed by atoms with Crippen LogP contribution in [0.3, 0.4) is 0 Å². The molecule has 8 nitrogen and oxygen atoms in total. The number of amides is 3. The Morgan fingerprint density at radius 3 is 2.26 bits per heavy atom. The fourth-order valence-electron chi connectivity index (χ4n) is 2.75. The summed E-state index contributed by atoms with van der Waals surface area (Å²) in [5, 5.41) is 7.87. The molecule has 8 heteroatoms. The molecule has 0 aliphatic carbocycles. The van der Waals surface area contributed by atoms with Crippen LogP contribution in [0.4, 0.5) is 0 Å². The molecular formula is C23H29N3O5. The van der Waals surface area contributed by atoms with Gasteiger partial charge in [-0.05, 0) is 44.5 Å². The highest BCUT2D eigenvalue weighted by Gasteiger charge is 2.17. The molecule has 0 bridgehead atoms. The highest BCUT2D eigenvalue weighted by Crippen LogP contribution is 2.28. The second-order valence-corrected chi connectivity index (χ2v) is 6.70. The van der Waals surface area contributed by atoms with E-state index in [-0.39, 0.29) is 12.5 Å². The molecule has 0 aromatic heterocycles. The van der Waals surface area contributed by atoms with Crippen molar-refractivity contribution in [2.45, 2.75) is 33.4 Å². The molecule has 1 atom stereocenters. The van der Waals surface area contributed by atoms with E-state index in [0.717, 1.165) is 5.56 Å². The summed E-state index contributed by atoms with van der Waals surface area (Å²) in [5.74, 6) is -0.192. The van der Waals surface area contributed by atoms with E-state index in [2.05, 4.69) is 16.0 Å². The molecule has 0 saturated heterocycles. The van der Waals surface area contributed by atoms with Crippen molar-refractivity contribution in [2.24, 2.45) is 0 Å². The lowest BCUT2D eigenvalue weighted by Crippen LogP contribution is -2.47. The van der Waals surface area contributed by atoms with Crippen molar-refractivity contribution in [3.05, 3.63) is 59.7 Å². The molecule has 166 valence electrons. The standard InChI is InChI=1S/C23H29N3O5/c1-4-30-19-12-11-18(13-20(19)31-5-2)23(29)25-15-21(27)26-16(3)22(28)24-14-17-9-7-6-8-10-17/h6-13,16H,4-5,14-15H2,1-3H3,(H,24,28)(H,25,29)(H,26,27). The maximum Gasteiger partial charge on any atom is 0.251 e. The van der Waals surface area contributed by atoms with E-state index in [1.54, 1.807) is 25.1 Å². The molecule has 0 aliphatic heterocycles.